The van der Waals surface area contributed by atoms with E-state index in [1.165, 1.54) is 0 Å². The van der Waals surface area contributed by atoms with Crippen LogP contribution < -0.4 is 5.32 Å². The molecule has 3 aromatic rings. The maximum Gasteiger partial charge on any atom is 0.252 e. The summed E-state index contributed by atoms with van der Waals surface area (Å²) in [5.74, 6) is -0.0189. The number of pyridine rings is 1. The van der Waals surface area contributed by atoms with E-state index < -0.39 is 0 Å². The van der Waals surface area contributed by atoms with Gasteiger partial charge in [-0.1, -0.05) is 48.5 Å². The predicted octanol–water partition coefficient (Wildman–Crippen LogP) is 5.56. The van der Waals surface area contributed by atoms with E-state index in [2.05, 4.69) is 11.4 Å². The second-order valence-electron chi connectivity index (χ2n) is 8.97. The molecule has 0 radical (unpaired) electrons. The molecule has 0 unspecified atom stereocenters. The van der Waals surface area contributed by atoms with Gasteiger partial charge in [-0.25, -0.2) is 4.98 Å². The molecule has 6 rings (SSSR count). The van der Waals surface area contributed by atoms with Crippen molar-refractivity contribution in [3.8, 4) is 17.3 Å². The fourth-order valence-corrected chi connectivity index (χ4v) is 5.32. The van der Waals surface area contributed by atoms with Crippen LogP contribution in [0.1, 0.15) is 54.4 Å². The molecule has 30 heavy (non-hydrogen) atoms. The minimum Gasteiger partial charge on any atom is -0.347 e. The fraction of sp³-hybridized carbons (Fsp3) is 0.346. The maximum absolute atomic E-state index is 13.7. The molecule has 4 nitrogen and oxygen atoms in total. The number of carbonyl (C=O) groups excluding carboxylic acids is 1. The van der Waals surface area contributed by atoms with E-state index in [1.54, 1.807) is 0 Å². The first-order valence-corrected chi connectivity index (χ1v) is 10.7. The van der Waals surface area contributed by atoms with Crippen molar-refractivity contribution in [3.05, 3.63) is 65.7 Å². The van der Waals surface area contributed by atoms with E-state index in [0.717, 1.165) is 71.8 Å². The summed E-state index contributed by atoms with van der Waals surface area (Å²) < 4.78 is 0. The first kappa shape index (κ1) is 18.8. The summed E-state index contributed by atoms with van der Waals surface area (Å²) in [6.07, 6.45) is 5.32. The topological polar surface area (TPSA) is 65.8 Å². The Kier molecular flexibility index (Phi) is 4.36. The lowest BCUT2D eigenvalue weighted by molar-refractivity contribution is 0.0522. The van der Waals surface area contributed by atoms with E-state index in [9.17, 15) is 10.1 Å². The van der Waals surface area contributed by atoms with Gasteiger partial charge in [0.15, 0.2) is 0 Å². The second kappa shape index (κ2) is 6.95. The van der Waals surface area contributed by atoms with E-state index in [1.807, 2.05) is 61.5 Å². The molecule has 3 aliphatic carbocycles. The van der Waals surface area contributed by atoms with Gasteiger partial charge in [0, 0.05) is 16.5 Å². The molecule has 2 bridgehead atoms. The summed E-state index contributed by atoms with van der Waals surface area (Å²) in [6.45, 7) is 2.00. The third kappa shape index (κ3) is 2.97. The Bertz CT molecular complexity index is 1150. The summed E-state index contributed by atoms with van der Waals surface area (Å²) in [4.78, 5) is 18.5. The highest BCUT2D eigenvalue weighted by atomic mass is 16.1. The van der Waals surface area contributed by atoms with Gasteiger partial charge < -0.3 is 5.32 Å². The highest BCUT2D eigenvalue weighted by Crippen LogP contribution is 2.52. The Hall–Kier alpha value is -3.19. The highest BCUT2D eigenvalue weighted by molar-refractivity contribution is 6.09. The summed E-state index contributed by atoms with van der Waals surface area (Å²) in [5, 5.41) is 13.9. The van der Waals surface area contributed by atoms with Crippen LogP contribution in [-0.2, 0) is 0 Å². The number of nitrogens with zero attached hydrogens (tertiary/aromatic N) is 2. The molecule has 0 saturated heterocycles. The van der Waals surface area contributed by atoms with Crippen molar-refractivity contribution in [2.24, 2.45) is 5.41 Å². The molecule has 150 valence electrons. The smallest absolute Gasteiger partial charge is 0.252 e. The number of carbonyl (C=O) groups is 1. The van der Waals surface area contributed by atoms with Crippen molar-refractivity contribution in [3.63, 3.8) is 0 Å². The first-order valence-electron chi connectivity index (χ1n) is 10.7. The number of rotatable bonds is 3. The molecule has 3 fully saturated rings. The van der Waals surface area contributed by atoms with E-state index in [4.69, 9.17) is 4.98 Å². The van der Waals surface area contributed by atoms with Crippen LogP contribution >= 0.6 is 0 Å². The van der Waals surface area contributed by atoms with Gasteiger partial charge in [0.2, 0.25) is 0 Å². The molecule has 1 heterocycles. The molecule has 1 aromatic heterocycles. The summed E-state index contributed by atoms with van der Waals surface area (Å²) in [7, 11) is 0. The molecule has 3 saturated carbocycles. The highest BCUT2D eigenvalue weighted by Gasteiger charge is 2.49. The first-order chi connectivity index (χ1) is 14.5. The molecule has 0 atom stereocenters. The lowest BCUT2D eigenvalue weighted by atomic mass is 9.58. The van der Waals surface area contributed by atoms with Crippen LogP contribution in [0.5, 0.6) is 0 Å². The molecule has 2 aromatic carbocycles. The largest absolute Gasteiger partial charge is 0.347 e. The molecule has 0 spiro atoms. The second-order valence-corrected chi connectivity index (χ2v) is 8.97. The third-order valence-electron chi connectivity index (χ3n) is 7.27. The zero-order chi connectivity index (χ0) is 20.8. The Balaban J connectivity index is 1.56. The maximum atomic E-state index is 13.7. The number of aromatic nitrogens is 1. The Morgan fingerprint density at radius 1 is 0.967 bits per heavy atom. The molecule has 3 aliphatic rings. The number of hydrogen-bond acceptors (Lipinski definition) is 3. The minimum absolute atomic E-state index is 0.0189. The third-order valence-corrected chi connectivity index (χ3v) is 7.27. The van der Waals surface area contributed by atoms with E-state index in [0.29, 0.717) is 0 Å². The van der Waals surface area contributed by atoms with Crippen molar-refractivity contribution in [1.29, 1.82) is 5.26 Å². The fourth-order valence-electron chi connectivity index (χ4n) is 5.32. The van der Waals surface area contributed by atoms with Crippen LogP contribution in [0, 0.1) is 23.7 Å². The number of benzene rings is 2. The number of fused-ring (bicyclic) bond motifs is 4. The van der Waals surface area contributed by atoms with E-state index >= 15 is 0 Å². The van der Waals surface area contributed by atoms with Crippen LogP contribution in [0.3, 0.4) is 0 Å². The van der Waals surface area contributed by atoms with Gasteiger partial charge >= 0.3 is 0 Å². The number of hydrogen-bond donors (Lipinski definition) is 1. The van der Waals surface area contributed by atoms with Gasteiger partial charge in [-0.2, -0.15) is 5.26 Å². The van der Waals surface area contributed by atoms with Crippen molar-refractivity contribution in [2.45, 2.75) is 51.0 Å². The Morgan fingerprint density at radius 3 is 2.27 bits per heavy atom. The molecule has 4 heteroatoms. The van der Waals surface area contributed by atoms with Gasteiger partial charge in [0.05, 0.1) is 28.3 Å². The minimum atomic E-state index is -0.181. The lowest BCUT2D eigenvalue weighted by Gasteiger charge is -2.50. The van der Waals surface area contributed by atoms with Gasteiger partial charge in [0.1, 0.15) is 0 Å². The van der Waals surface area contributed by atoms with Crippen molar-refractivity contribution >= 4 is 16.8 Å². The van der Waals surface area contributed by atoms with Crippen LogP contribution in [0.4, 0.5) is 0 Å². The van der Waals surface area contributed by atoms with Crippen molar-refractivity contribution < 1.29 is 4.79 Å². The van der Waals surface area contributed by atoms with Crippen LogP contribution in [0.25, 0.3) is 22.2 Å². The summed E-state index contributed by atoms with van der Waals surface area (Å²) >= 11 is 0. The van der Waals surface area contributed by atoms with Gasteiger partial charge in [0.25, 0.3) is 5.91 Å². The van der Waals surface area contributed by atoms with Gasteiger partial charge in [-0.3, -0.25) is 4.79 Å². The predicted molar refractivity (Wildman–Crippen MR) is 118 cm³/mol. The quantitative estimate of drug-likeness (QED) is 0.632. The molecular formula is C26H25N3O. The average molecular weight is 396 g/mol. The van der Waals surface area contributed by atoms with Gasteiger partial charge in [-0.05, 0) is 57.1 Å². The lowest BCUT2D eigenvalue weighted by Crippen LogP contribution is -2.56. The van der Waals surface area contributed by atoms with Crippen LogP contribution in [0.2, 0.25) is 0 Å². The van der Waals surface area contributed by atoms with Gasteiger partial charge in [-0.15, -0.1) is 0 Å². The average Bonchev–Trinajstić information content (AvgIpc) is 2.80. The number of para-hydroxylation sites is 1. The number of amides is 1. The molecule has 1 amide bonds. The summed E-state index contributed by atoms with van der Waals surface area (Å²) in [5.41, 5.74) is 3.99. The van der Waals surface area contributed by atoms with E-state index in [-0.39, 0.29) is 16.9 Å². The van der Waals surface area contributed by atoms with Crippen molar-refractivity contribution in [2.75, 3.05) is 0 Å². The summed E-state index contributed by atoms with van der Waals surface area (Å²) in [6, 6.07) is 20.5. The molecule has 1 N–H and O–H groups in total. The van der Waals surface area contributed by atoms with Crippen LogP contribution in [-0.4, -0.2) is 16.4 Å². The normalized spacial score (nSPS) is 25.1. The van der Waals surface area contributed by atoms with Crippen molar-refractivity contribution in [1.82, 2.24) is 10.3 Å². The molecular weight excluding hydrogens is 370 g/mol. The Morgan fingerprint density at radius 2 is 1.60 bits per heavy atom. The number of nitrogens with one attached hydrogen (secondary N) is 1. The SMILES string of the molecule is Cc1c(-c2ccccc2)nc2ccccc2c1C(=O)NC12CCC(C#N)(CC1)CC2. The van der Waals surface area contributed by atoms with Crippen LogP contribution in [0.15, 0.2) is 54.6 Å². The number of nitriles is 1. The molecule has 0 aliphatic heterocycles. The zero-order valence-corrected chi connectivity index (χ0v) is 17.2. The Labute approximate surface area is 176 Å². The zero-order valence-electron chi connectivity index (χ0n) is 17.2. The monoisotopic (exact) mass is 395 g/mol. The standard InChI is InChI=1S/C26H25N3O/c1-18-22(24(30)29-26-14-11-25(17-27,12-15-26)13-16-26)20-9-5-6-10-21(20)28-23(18)19-7-3-2-4-8-19/h2-10H,11-16H2,1H3,(H,29,30).